The molecule has 20 heavy (non-hydrogen) atoms. The van der Waals surface area contributed by atoms with Crippen molar-refractivity contribution in [2.24, 2.45) is 0 Å². The Labute approximate surface area is 118 Å². The number of hydrogen-bond donors (Lipinski definition) is 0. The number of hydrogen-bond acceptors (Lipinski definition) is 4. The van der Waals surface area contributed by atoms with Crippen molar-refractivity contribution in [1.29, 1.82) is 0 Å². The van der Waals surface area contributed by atoms with Crippen LogP contribution < -0.4 is 9.47 Å². The number of carbonyl (C=O) groups excluding carboxylic acids is 1. The molecule has 4 nitrogen and oxygen atoms in total. The Morgan fingerprint density at radius 3 is 2.05 bits per heavy atom. The highest BCUT2D eigenvalue weighted by atomic mass is 16.5. The zero-order valence-electron chi connectivity index (χ0n) is 12.4. The van der Waals surface area contributed by atoms with Crippen molar-refractivity contribution in [2.75, 3.05) is 14.2 Å². The highest BCUT2D eigenvalue weighted by Crippen LogP contribution is 2.32. The van der Waals surface area contributed by atoms with E-state index >= 15 is 0 Å². The van der Waals surface area contributed by atoms with Crippen LogP contribution in [0.3, 0.4) is 0 Å². The summed E-state index contributed by atoms with van der Waals surface area (Å²) in [6.07, 6.45) is 0. The van der Waals surface area contributed by atoms with Gasteiger partial charge in [0.2, 0.25) is 0 Å². The van der Waals surface area contributed by atoms with Crippen LogP contribution in [0.1, 0.15) is 33.0 Å². The first-order chi connectivity index (χ1) is 9.47. The van der Waals surface area contributed by atoms with E-state index in [0.717, 1.165) is 11.3 Å². The summed E-state index contributed by atoms with van der Waals surface area (Å²) in [5.74, 6) is 2.43. The number of carbonyl (C=O) groups is 1. The van der Waals surface area contributed by atoms with Gasteiger partial charge in [0, 0.05) is 5.56 Å². The van der Waals surface area contributed by atoms with Crippen LogP contribution >= 0.6 is 0 Å². The highest BCUT2D eigenvalue weighted by Gasteiger charge is 2.19. The van der Waals surface area contributed by atoms with Gasteiger partial charge >= 0.3 is 0 Å². The van der Waals surface area contributed by atoms with Gasteiger partial charge in [0.25, 0.3) is 0 Å². The van der Waals surface area contributed by atoms with Crippen LogP contribution in [-0.2, 0) is 0 Å². The maximum Gasteiger partial charge on any atom is 0.196 e. The summed E-state index contributed by atoms with van der Waals surface area (Å²) in [5.41, 5.74) is 2.01. The Bertz CT molecular complexity index is 653. The van der Waals surface area contributed by atoms with E-state index in [1.165, 1.54) is 0 Å². The van der Waals surface area contributed by atoms with Gasteiger partial charge < -0.3 is 13.9 Å². The molecule has 0 aliphatic carbocycles. The Kier molecular flexibility index (Phi) is 3.84. The number of ether oxygens (including phenoxy) is 2. The quantitative estimate of drug-likeness (QED) is 0.801. The van der Waals surface area contributed by atoms with E-state index in [0.29, 0.717) is 28.4 Å². The van der Waals surface area contributed by atoms with Gasteiger partial charge in [0.15, 0.2) is 17.3 Å². The molecular formula is C16H18O4. The zero-order valence-corrected chi connectivity index (χ0v) is 12.4. The molecule has 2 rings (SSSR count). The lowest BCUT2D eigenvalue weighted by Crippen LogP contribution is -2.05. The van der Waals surface area contributed by atoms with Crippen molar-refractivity contribution in [3.8, 4) is 11.5 Å². The average molecular weight is 274 g/mol. The third-order valence-corrected chi connectivity index (χ3v) is 3.26. The molecule has 0 unspecified atom stereocenters. The lowest BCUT2D eigenvalue weighted by atomic mass is 9.98. The molecule has 2 aromatic rings. The first-order valence-electron chi connectivity index (χ1n) is 6.32. The van der Waals surface area contributed by atoms with Gasteiger partial charge in [-0.2, -0.15) is 0 Å². The van der Waals surface area contributed by atoms with Crippen LogP contribution in [-0.4, -0.2) is 20.0 Å². The molecule has 0 N–H and O–H groups in total. The number of benzene rings is 1. The summed E-state index contributed by atoms with van der Waals surface area (Å²) in [5, 5.41) is 0. The van der Waals surface area contributed by atoms with E-state index in [1.807, 2.05) is 13.8 Å². The first kappa shape index (κ1) is 14.2. The second kappa shape index (κ2) is 5.41. The van der Waals surface area contributed by atoms with Gasteiger partial charge in [0.05, 0.1) is 19.8 Å². The zero-order chi connectivity index (χ0) is 14.9. The molecule has 1 heterocycles. The maximum atomic E-state index is 12.6. The third-order valence-electron chi connectivity index (χ3n) is 3.26. The van der Waals surface area contributed by atoms with E-state index in [-0.39, 0.29) is 5.78 Å². The van der Waals surface area contributed by atoms with Crippen molar-refractivity contribution >= 4 is 5.78 Å². The predicted octanol–water partition coefficient (Wildman–Crippen LogP) is 3.45. The Balaban J connectivity index is 2.52. The van der Waals surface area contributed by atoms with Crippen molar-refractivity contribution in [1.82, 2.24) is 0 Å². The summed E-state index contributed by atoms with van der Waals surface area (Å²) >= 11 is 0. The Hall–Kier alpha value is -2.23. The molecular weight excluding hydrogens is 256 g/mol. The van der Waals surface area contributed by atoms with Gasteiger partial charge in [-0.3, -0.25) is 4.79 Å². The fourth-order valence-corrected chi connectivity index (χ4v) is 2.23. The van der Waals surface area contributed by atoms with Crippen LogP contribution in [0.2, 0.25) is 0 Å². The lowest BCUT2D eigenvalue weighted by molar-refractivity contribution is 0.103. The van der Waals surface area contributed by atoms with Crippen LogP contribution in [0.25, 0.3) is 0 Å². The number of furan rings is 1. The first-order valence-corrected chi connectivity index (χ1v) is 6.32. The van der Waals surface area contributed by atoms with Gasteiger partial charge in [-0.15, -0.1) is 0 Å². The molecule has 1 aromatic heterocycles. The molecule has 0 saturated heterocycles. The molecule has 0 bridgehead atoms. The average Bonchev–Trinajstić information content (AvgIpc) is 2.76. The molecule has 106 valence electrons. The molecule has 1 aromatic carbocycles. The third kappa shape index (κ3) is 2.41. The Morgan fingerprint density at radius 2 is 1.55 bits per heavy atom. The molecule has 0 atom stereocenters. The van der Waals surface area contributed by atoms with E-state index in [4.69, 9.17) is 13.9 Å². The van der Waals surface area contributed by atoms with Gasteiger partial charge in [0.1, 0.15) is 11.5 Å². The molecule has 0 saturated carbocycles. The van der Waals surface area contributed by atoms with Crippen LogP contribution in [0.4, 0.5) is 0 Å². The number of ketones is 1. The van der Waals surface area contributed by atoms with Gasteiger partial charge in [-0.25, -0.2) is 0 Å². The summed E-state index contributed by atoms with van der Waals surface area (Å²) in [6, 6.07) is 5.26. The monoisotopic (exact) mass is 274 g/mol. The standard InChI is InChI=1S/C16H18O4/c1-9-6-14(18-4)15(19-5)8-12(9)16(17)13-7-10(2)20-11(13)3/h6-8H,1-5H3. The van der Waals surface area contributed by atoms with Crippen LogP contribution in [0.15, 0.2) is 22.6 Å². The summed E-state index contributed by atoms with van der Waals surface area (Å²) in [7, 11) is 3.12. The van der Waals surface area contributed by atoms with Crippen molar-refractivity contribution < 1.29 is 18.7 Å². The van der Waals surface area contributed by atoms with Crippen LogP contribution in [0.5, 0.6) is 11.5 Å². The maximum absolute atomic E-state index is 12.6. The van der Waals surface area contributed by atoms with Crippen molar-refractivity contribution in [3.63, 3.8) is 0 Å². The fourth-order valence-electron chi connectivity index (χ4n) is 2.23. The van der Waals surface area contributed by atoms with Crippen molar-refractivity contribution in [3.05, 3.63) is 46.4 Å². The largest absolute Gasteiger partial charge is 0.493 e. The van der Waals surface area contributed by atoms with E-state index in [1.54, 1.807) is 39.3 Å². The Morgan fingerprint density at radius 1 is 0.950 bits per heavy atom. The smallest absolute Gasteiger partial charge is 0.196 e. The number of methoxy groups -OCH3 is 2. The molecule has 4 heteroatoms. The molecule has 0 fully saturated rings. The summed E-state index contributed by atoms with van der Waals surface area (Å²) in [4.78, 5) is 12.6. The molecule has 0 radical (unpaired) electrons. The number of aryl methyl sites for hydroxylation is 3. The minimum absolute atomic E-state index is 0.0715. The summed E-state index contributed by atoms with van der Waals surface area (Å²) in [6.45, 7) is 5.49. The van der Waals surface area contributed by atoms with E-state index < -0.39 is 0 Å². The SMILES string of the molecule is COc1cc(C)c(C(=O)c2cc(C)oc2C)cc1OC. The number of rotatable bonds is 4. The minimum Gasteiger partial charge on any atom is -0.493 e. The normalized spacial score (nSPS) is 10.4. The minimum atomic E-state index is -0.0715. The fraction of sp³-hybridized carbons (Fsp3) is 0.312. The molecule has 0 aliphatic rings. The second-order valence-corrected chi connectivity index (χ2v) is 4.68. The van der Waals surface area contributed by atoms with E-state index in [2.05, 4.69) is 0 Å². The predicted molar refractivity (Wildman–Crippen MR) is 75.9 cm³/mol. The summed E-state index contributed by atoms with van der Waals surface area (Å²) < 4.78 is 15.9. The highest BCUT2D eigenvalue weighted by molar-refractivity contribution is 6.11. The second-order valence-electron chi connectivity index (χ2n) is 4.68. The van der Waals surface area contributed by atoms with Gasteiger partial charge in [-0.05, 0) is 44.5 Å². The van der Waals surface area contributed by atoms with Gasteiger partial charge in [-0.1, -0.05) is 0 Å². The van der Waals surface area contributed by atoms with E-state index in [9.17, 15) is 4.79 Å². The van der Waals surface area contributed by atoms with Crippen molar-refractivity contribution in [2.45, 2.75) is 20.8 Å². The lowest BCUT2D eigenvalue weighted by Gasteiger charge is -2.11. The van der Waals surface area contributed by atoms with Crippen LogP contribution in [0, 0.1) is 20.8 Å². The molecule has 0 amide bonds. The molecule has 0 spiro atoms. The molecule has 0 aliphatic heterocycles. The topological polar surface area (TPSA) is 48.7 Å².